The fourth-order valence-electron chi connectivity index (χ4n) is 4.42. The molecule has 0 aliphatic carbocycles. The number of aromatic nitrogens is 1. The van der Waals surface area contributed by atoms with Crippen LogP contribution in [0, 0.1) is 25.2 Å². The van der Waals surface area contributed by atoms with Gasteiger partial charge in [0.25, 0.3) is 0 Å². The van der Waals surface area contributed by atoms with Crippen molar-refractivity contribution in [2.45, 2.75) is 31.7 Å². The molecule has 34 heavy (non-hydrogen) atoms. The van der Waals surface area contributed by atoms with Crippen molar-refractivity contribution in [3.8, 4) is 6.07 Å². The minimum Gasteiger partial charge on any atom is -0.378 e. The van der Waals surface area contributed by atoms with Crippen LogP contribution >= 0.6 is 11.6 Å². The van der Waals surface area contributed by atoms with Gasteiger partial charge in [-0.1, -0.05) is 17.7 Å². The maximum Gasteiger partial charge on any atom is 0.177 e. The van der Waals surface area contributed by atoms with E-state index in [9.17, 15) is 13.7 Å². The number of fused-ring (bicyclic) bond motifs is 1. The molecule has 1 N–H and O–H groups in total. The van der Waals surface area contributed by atoms with Crippen LogP contribution in [-0.2, 0) is 14.6 Å². The number of morpholine rings is 1. The molecule has 1 atom stereocenters. The molecule has 1 aliphatic rings. The SMILES string of the molecule is Cc1cc([C@@H](C)Nc2ccc(Cl)cc2S(C)(=O)=O)c2nc(N3CCOCC3)c(C)c(C#N)c2c1. The van der Waals surface area contributed by atoms with Gasteiger partial charge in [0, 0.05) is 40.9 Å². The van der Waals surface area contributed by atoms with Crippen LogP contribution in [0.15, 0.2) is 35.2 Å². The minimum atomic E-state index is -3.50. The van der Waals surface area contributed by atoms with E-state index in [0.717, 1.165) is 39.7 Å². The van der Waals surface area contributed by atoms with Crippen LogP contribution in [0.25, 0.3) is 10.9 Å². The van der Waals surface area contributed by atoms with E-state index in [4.69, 9.17) is 21.3 Å². The largest absolute Gasteiger partial charge is 0.378 e. The Morgan fingerprint density at radius 3 is 2.56 bits per heavy atom. The van der Waals surface area contributed by atoms with Gasteiger partial charge in [0.2, 0.25) is 0 Å². The molecule has 7 nitrogen and oxygen atoms in total. The molecule has 0 radical (unpaired) electrons. The van der Waals surface area contributed by atoms with Crippen LogP contribution in [0.5, 0.6) is 0 Å². The van der Waals surface area contributed by atoms with Crippen molar-refractivity contribution in [1.82, 2.24) is 4.98 Å². The van der Waals surface area contributed by atoms with Gasteiger partial charge in [0.1, 0.15) is 11.9 Å². The summed E-state index contributed by atoms with van der Waals surface area (Å²) in [5.41, 5.74) is 4.53. The van der Waals surface area contributed by atoms with Crippen LogP contribution in [-0.4, -0.2) is 46.0 Å². The van der Waals surface area contributed by atoms with Crippen LogP contribution < -0.4 is 10.2 Å². The monoisotopic (exact) mass is 498 g/mol. The fraction of sp³-hybridized carbons (Fsp3) is 0.360. The number of benzene rings is 2. The molecule has 0 unspecified atom stereocenters. The first-order valence-corrected chi connectivity index (χ1v) is 13.3. The molecule has 178 valence electrons. The maximum absolute atomic E-state index is 12.4. The first-order valence-electron chi connectivity index (χ1n) is 11.0. The minimum absolute atomic E-state index is 0.138. The third-order valence-corrected chi connectivity index (χ3v) is 7.46. The number of aryl methyl sites for hydroxylation is 1. The lowest BCUT2D eigenvalue weighted by Gasteiger charge is -2.30. The summed E-state index contributed by atoms with van der Waals surface area (Å²) in [6.45, 7) is 8.52. The molecule has 1 fully saturated rings. The summed E-state index contributed by atoms with van der Waals surface area (Å²) in [7, 11) is -3.50. The molecule has 3 aromatic rings. The molecule has 2 aromatic carbocycles. The summed E-state index contributed by atoms with van der Waals surface area (Å²) in [5.74, 6) is 0.785. The number of halogens is 1. The van der Waals surface area contributed by atoms with E-state index in [1.165, 1.54) is 6.07 Å². The first-order chi connectivity index (χ1) is 16.1. The van der Waals surface area contributed by atoms with Crippen molar-refractivity contribution >= 4 is 43.8 Å². The zero-order chi connectivity index (χ0) is 24.6. The van der Waals surface area contributed by atoms with Gasteiger partial charge in [-0.15, -0.1) is 0 Å². The number of nitrogens with one attached hydrogen (secondary N) is 1. The molecule has 0 bridgehead atoms. The van der Waals surface area contributed by atoms with Crippen molar-refractivity contribution < 1.29 is 13.2 Å². The lowest BCUT2D eigenvalue weighted by Crippen LogP contribution is -2.37. The normalized spacial score (nSPS) is 15.2. The molecule has 0 spiro atoms. The Hall–Kier alpha value is -2.86. The van der Waals surface area contributed by atoms with Gasteiger partial charge < -0.3 is 15.0 Å². The van der Waals surface area contributed by atoms with Crippen molar-refractivity contribution in [2.24, 2.45) is 0 Å². The third kappa shape index (κ3) is 4.69. The quantitative estimate of drug-likeness (QED) is 0.540. The molecular formula is C25H27ClN4O3S. The summed E-state index contributed by atoms with van der Waals surface area (Å²) in [6, 6.07) is 10.9. The summed E-state index contributed by atoms with van der Waals surface area (Å²) >= 11 is 6.07. The van der Waals surface area contributed by atoms with Gasteiger partial charge in [0.05, 0.1) is 40.9 Å². The fourth-order valence-corrected chi connectivity index (χ4v) is 5.52. The Morgan fingerprint density at radius 2 is 1.91 bits per heavy atom. The van der Waals surface area contributed by atoms with Crippen LogP contribution in [0.3, 0.4) is 0 Å². The average molecular weight is 499 g/mol. The zero-order valence-electron chi connectivity index (χ0n) is 19.6. The standard InChI is InChI=1S/C25H27ClN4O3S/c1-15-11-19(17(3)28-22-6-5-18(26)13-23(22)34(4,31)32)24-20(12-15)21(14-27)16(2)25(29-24)30-7-9-33-10-8-30/h5-6,11-13,17,28H,7-10H2,1-4H3/t17-/m1/s1. The van der Waals surface area contributed by atoms with Gasteiger partial charge in [-0.2, -0.15) is 5.26 Å². The molecule has 9 heteroatoms. The number of nitriles is 1. The van der Waals surface area contributed by atoms with E-state index in [1.807, 2.05) is 32.9 Å². The number of ether oxygens (including phenoxy) is 1. The number of sulfone groups is 1. The highest BCUT2D eigenvalue weighted by molar-refractivity contribution is 7.90. The van der Waals surface area contributed by atoms with Gasteiger partial charge in [-0.3, -0.25) is 0 Å². The van der Waals surface area contributed by atoms with E-state index >= 15 is 0 Å². The Bertz CT molecular complexity index is 1410. The highest BCUT2D eigenvalue weighted by Gasteiger charge is 2.23. The Kier molecular flexibility index (Phi) is 6.72. The van der Waals surface area contributed by atoms with E-state index in [0.29, 0.717) is 42.6 Å². The molecule has 0 amide bonds. The first kappa shape index (κ1) is 24.3. The van der Waals surface area contributed by atoms with Gasteiger partial charge in [-0.25, -0.2) is 13.4 Å². The lowest BCUT2D eigenvalue weighted by atomic mass is 9.95. The van der Waals surface area contributed by atoms with E-state index in [2.05, 4.69) is 16.3 Å². The Balaban J connectivity index is 1.87. The summed E-state index contributed by atoms with van der Waals surface area (Å²) < 4.78 is 30.2. The van der Waals surface area contributed by atoms with E-state index < -0.39 is 9.84 Å². The molecule has 1 aliphatic heterocycles. The Labute approximate surface area is 205 Å². The second kappa shape index (κ2) is 9.41. The van der Waals surface area contributed by atoms with Crippen molar-refractivity contribution in [2.75, 3.05) is 42.8 Å². The van der Waals surface area contributed by atoms with E-state index in [-0.39, 0.29) is 10.9 Å². The summed E-state index contributed by atoms with van der Waals surface area (Å²) in [5, 5.41) is 14.5. The number of rotatable bonds is 5. The van der Waals surface area contributed by atoms with Gasteiger partial charge >= 0.3 is 0 Å². The predicted octanol–water partition coefficient (Wildman–Crippen LogP) is 4.79. The van der Waals surface area contributed by atoms with Crippen LogP contribution in [0.4, 0.5) is 11.5 Å². The topological polar surface area (TPSA) is 95.3 Å². The third-order valence-electron chi connectivity index (χ3n) is 6.09. The highest BCUT2D eigenvalue weighted by Crippen LogP contribution is 2.35. The molecule has 4 rings (SSSR count). The second-order valence-corrected chi connectivity index (χ2v) is 11.1. The highest BCUT2D eigenvalue weighted by atomic mass is 35.5. The van der Waals surface area contributed by atoms with Gasteiger partial charge in [0.15, 0.2) is 9.84 Å². The Morgan fingerprint density at radius 1 is 1.21 bits per heavy atom. The zero-order valence-corrected chi connectivity index (χ0v) is 21.2. The lowest BCUT2D eigenvalue weighted by molar-refractivity contribution is 0.122. The van der Waals surface area contributed by atoms with Crippen LogP contribution in [0.2, 0.25) is 5.02 Å². The second-order valence-electron chi connectivity index (χ2n) is 8.68. The molecule has 1 saturated heterocycles. The predicted molar refractivity (Wildman–Crippen MR) is 136 cm³/mol. The number of anilines is 2. The molecule has 1 aromatic heterocycles. The molecule has 2 heterocycles. The van der Waals surface area contributed by atoms with Crippen molar-refractivity contribution in [3.63, 3.8) is 0 Å². The van der Waals surface area contributed by atoms with Crippen molar-refractivity contribution in [3.05, 3.63) is 57.6 Å². The van der Waals surface area contributed by atoms with Gasteiger partial charge in [-0.05, 0) is 50.6 Å². The number of hydrogen-bond donors (Lipinski definition) is 1. The number of nitrogens with zero attached hydrogens (tertiary/aromatic N) is 3. The smallest absolute Gasteiger partial charge is 0.177 e. The number of pyridine rings is 1. The van der Waals surface area contributed by atoms with Crippen molar-refractivity contribution in [1.29, 1.82) is 5.26 Å². The van der Waals surface area contributed by atoms with E-state index in [1.54, 1.807) is 12.1 Å². The maximum atomic E-state index is 12.4. The average Bonchev–Trinajstić information content (AvgIpc) is 2.79. The number of hydrogen-bond acceptors (Lipinski definition) is 7. The molecule has 0 saturated carbocycles. The van der Waals surface area contributed by atoms with Crippen LogP contribution in [0.1, 0.15) is 35.2 Å². The molecular weight excluding hydrogens is 472 g/mol. The summed E-state index contributed by atoms with van der Waals surface area (Å²) in [6.07, 6.45) is 1.16. The summed E-state index contributed by atoms with van der Waals surface area (Å²) in [4.78, 5) is 7.33.